The van der Waals surface area contributed by atoms with Gasteiger partial charge in [-0.2, -0.15) is 0 Å². The first-order valence-electron chi connectivity index (χ1n) is 8.30. The molecule has 1 unspecified atom stereocenters. The van der Waals surface area contributed by atoms with Gasteiger partial charge in [0, 0.05) is 11.6 Å². The Labute approximate surface area is 159 Å². The number of aromatic amines is 1. The Morgan fingerprint density at radius 3 is 2.70 bits per heavy atom. The molecule has 7 nitrogen and oxygen atoms in total. The van der Waals surface area contributed by atoms with E-state index in [9.17, 15) is 14.4 Å². The predicted molar refractivity (Wildman–Crippen MR) is 104 cm³/mol. The number of anilines is 1. The number of rotatable bonds is 6. The number of carbonyl (C=O) groups is 2. The second-order valence-corrected chi connectivity index (χ2v) is 6.75. The van der Waals surface area contributed by atoms with E-state index in [0.717, 1.165) is 5.56 Å². The highest BCUT2D eigenvalue weighted by Crippen LogP contribution is 2.17. The van der Waals surface area contributed by atoms with E-state index < -0.39 is 11.5 Å². The fourth-order valence-corrected chi connectivity index (χ4v) is 3.20. The summed E-state index contributed by atoms with van der Waals surface area (Å²) >= 11 is 1.20. The molecule has 0 bridgehead atoms. The zero-order chi connectivity index (χ0) is 19.2. The van der Waals surface area contributed by atoms with Crippen molar-refractivity contribution in [1.29, 1.82) is 0 Å². The van der Waals surface area contributed by atoms with Gasteiger partial charge < -0.3 is 10.3 Å². The van der Waals surface area contributed by atoms with Crippen molar-refractivity contribution in [3.8, 4) is 0 Å². The summed E-state index contributed by atoms with van der Waals surface area (Å²) in [6, 6.07) is 12.6. The van der Waals surface area contributed by atoms with Crippen LogP contribution in [0.4, 0.5) is 5.13 Å². The average molecular weight is 382 g/mol. The van der Waals surface area contributed by atoms with Crippen molar-refractivity contribution in [2.45, 2.75) is 19.4 Å². The number of nitrogens with one attached hydrogen (secondary N) is 3. The van der Waals surface area contributed by atoms with Gasteiger partial charge in [-0.05, 0) is 24.6 Å². The third-order valence-electron chi connectivity index (χ3n) is 3.85. The van der Waals surface area contributed by atoms with Gasteiger partial charge in [0.15, 0.2) is 5.13 Å². The molecule has 8 heteroatoms. The lowest BCUT2D eigenvalue weighted by Crippen LogP contribution is -2.28. The van der Waals surface area contributed by atoms with Crippen LogP contribution in [0.15, 0.2) is 58.8 Å². The summed E-state index contributed by atoms with van der Waals surface area (Å²) in [4.78, 5) is 42.7. The summed E-state index contributed by atoms with van der Waals surface area (Å²) in [5.74, 6) is -0.700. The molecule has 0 aliphatic rings. The molecule has 27 heavy (non-hydrogen) atoms. The molecule has 138 valence electrons. The van der Waals surface area contributed by atoms with Crippen molar-refractivity contribution in [2.75, 3.05) is 5.32 Å². The zero-order valence-electron chi connectivity index (χ0n) is 14.6. The number of nitrogens with zero attached hydrogens (tertiary/aromatic N) is 1. The lowest BCUT2D eigenvalue weighted by Gasteiger charge is -2.13. The number of thiazole rings is 1. The summed E-state index contributed by atoms with van der Waals surface area (Å²) in [7, 11) is 0. The third-order valence-corrected chi connectivity index (χ3v) is 4.66. The highest BCUT2D eigenvalue weighted by atomic mass is 32.1. The molecule has 0 fully saturated rings. The Kier molecular flexibility index (Phi) is 5.77. The maximum Gasteiger partial charge on any atom is 0.263 e. The molecule has 0 aliphatic heterocycles. The van der Waals surface area contributed by atoms with Crippen molar-refractivity contribution in [3.05, 3.63) is 81.2 Å². The van der Waals surface area contributed by atoms with E-state index in [0.29, 0.717) is 10.8 Å². The van der Waals surface area contributed by atoms with Crippen LogP contribution in [-0.4, -0.2) is 21.8 Å². The maximum atomic E-state index is 12.2. The van der Waals surface area contributed by atoms with Crippen LogP contribution in [0.1, 0.15) is 34.6 Å². The molecule has 0 saturated heterocycles. The van der Waals surface area contributed by atoms with E-state index in [1.165, 1.54) is 23.6 Å². The highest BCUT2D eigenvalue weighted by Gasteiger charge is 2.14. The van der Waals surface area contributed by atoms with Gasteiger partial charge in [0.1, 0.15) is 5.56 Å². The Bertz CT molecular complexity index is 997. The number of pyridine rings is 1. The molecule has 2 aromatic heterocycles. The lowest BCUT2D eigenvalue weighted by atomic mass is 10.1. The van der Waals surface area contributed by atoms with E-state index in [1.54, 1.807) is 11.4 Å². The third kappa shape index (κ3) is 4.89. The first kappa shape index (κ1) is 18.5. The SMILES string of the molecule is CC(NC(=O)Cc1csc(NC(=O)c2ccc[nH]c2=O)n1)c1ccccc1. The summed E-state index contributed by atoms with van der Waals surface area (Å²) in [5.41, 5.74) is 1.10. The standard InChI is InChI=1S/C19H18N4O3S/c1-12(13-6-3-2-4-7-13)21-16(24)10-14-11-27-19(22-14)23-18(26)15-8-5-9-20-17(15)25/h2-9,11-12H,10H2,1H3,(H,20,25)(H,21,24)(H,22,23,26). The maximum absolute atomic E-state index is 12.2. The normalized spacial score (nSPS) is 11.6. The van der Waals surface area contributed by atoms with Crippen LogP contribution in [0, 0.1) is 0 Å². The summed E-state index contributed by atoms with van der Waals surface area (Å²) in [5, 5.41) is 7.54. The molecule has 2 amide bonds. The molecule has 0 radical (unpaired) electrons. The van der Waals surface area contributed by atoms with Crippen molar-refractivity contribution in [3.63, 3.8) is 0 Å². The van der Waals surface area contributed by atoms with Gasteiger partial charge in [0.25, 0.3) is 11.5 Å². The molecular weight excluding hydrogens is 364 g/mol. The van der Waals surface area contributed by atoms with E-state index in [1.807, 2.05) is 37.3 Å². The van der Waals surface area contributed by atoms with E-state index >= 15 is 0 Å². The minimum absolute atomic E-state index is 0.00341. The molecule has 3 aromatic rings. The largest absolute Gasteiger partial charge is 0.349 e. The monoisotopic (exact) mass is 382 g/mol. The zero-order valence-corrected chi connectivity index (χ0v) is 15.4. The Hall–Kier alpha value is -3.26. The van der Waals surface area contributed by atoms with Crippen LogP contribution < -0.4 is 16.2 Å². The molecule has 0 spiro atoms. The molecule has 3 rings (SSSR count). The quantitative estimate of drug-likeness (QED) is 0.609. The highest BCUT2D eigenvalue weighted by molar-refractivity contribution is 7.14. The van der Waals surface area contributed by atoms with Crippen LogP contribution in [0.25, 0.3) is 0 Å². The van der Waals surface area contributed by atoms with Crippen molar-refractivity contribution < 1.29 is 9.59 Å². The van der Waals surface area contributed by atoms with Crippen LogP contribution in [-0.2, 0) is 11.2 Å². The van der Waals surface area contributed by atoms with Gasteiger partial charge in [-0.3, -0.25) is 19.7 Å². The summed E-state index contributed by atoms with van der Waals surface area (Å²) in [6.07, 6.45) is 1.56. The molecule has 1 aromatic carbocycles. The summed E-state index contributed by atoms with van der Waals surface area (Å²) in [6.45, 7) is 1.91. The van der Waals surface area contributed by atoms with Crippen LogP contribution in [0.2, 0.25) is 0 Å². The fourth-order valence-electron chi connectivity index (χ4n) is 2.49. The number of hydrogen-bond acceptors (Lipinski definition) is 5. The minimum Gasteiger partial charge on any atom is -0.349 e. The molecule has 0 aliphatic carbocycles. The van der Waals surface area contributed by atoms with Crippen molar-refractivity contribution >= 4 is 28.3 Å². The Morgan fingerprint density at radius 2 is 1.96 bits per heavy atom. The minimum atomic E-state index is -0.542. The summed E-state index contributed by atoms with van der Waals surface area (Å²) < 4.78 is 0. The van der Waals surface area contributed by atoms with Crippen LogP contribution >= 0.6 is 11.3 Å². The number of hydrogen-bond donors (Lipinski definition) is 3. The van der Waals surface area contributed by atoms with Gasteiger partial charge in [-0.1, -0.05) is 30.3 Å². The molecule has 3 N–H and O–H groups in total. The topological polar surface area (TPSA) is 104 Å². The number of amides is 2. The van der Waals surface area contributed by atoms with Gasteiger partial charge >= 0.3 is 0 Å². The second-order valence-electron chi connectivity index (χ2n) is 5.89. The first-order valence-corrected chi connectivity index (χ1v) is 9.18. The van der Waals surface area contributed by atoms with Crippen LogP contribution in [0.3, 0.4) is 0 Å². The van der Waals surface area contributed by atoms with Gasteiger partial charge in [0.05, 0.1) is 18.2 Å². The van der Waals surface area contributed by atoms with Gasteiger partial charge in [0.2, 0.25) is 5.91 Å². The van der Waals surface area contributed by atoms with Crippen molar-refractivity contribution in [2.24, 2.45) is 0 Å². The molecule has 2 heterocycles. The van der Waals surface area contributed by atoms with Crippen molar-refractivity contribution in [1.82, 2.24) is 15.3 Å². The van der Waals surface area contributed by atoms with E-state index in [-0.39, 0.29) is 23.9 Å². The van der Waals surface area contributed by atoms with E-state index in [2.05, 4.69) is 20.6 Å². The smallest absolute Gasteiger partial charge is 0.263 e. The molecular formula is C19H18N4O3S. The Balaban J connectivity index is 1.58. The van der Waals surface area contributed by atoms with E-state index in [4.69, 9.17) is 0 Å². The first-order chi connectivity index (χ1) is 13.0. The van der Waals surface area contributed by atoms with Crippen LogP contribution in [0.5, 0.6) is 0 Å². The predicted octanol–water partition coefficient (Wildman–Crippen LogP) is 2.50. The number of aromatic nitrogens is 2. The number of H-pyrrole nitrogens is 1. The van der Waals surface area contributed by atoms with Gasteiger partial charge in [-0.25, -0.2) is 4.98 Å². The molecule has 1 atom stereocenters. The average Bonchev–Trinajstić information content (AvgIpc) is 3.09. The number of benzene rings is 1. The molecule has 0 saturated carbocycles. The second kappa shape index (κ2) is 8.41. The fraction of sp³-hybridized carbons (Fsp3) is 0.158. The number of carbonyl (C=O) groups excluding carboxylic acids is 2. The van der Waals surface area contributed by atoms with Gasteiger partial charge in [-0.15, -0.1) is 11.3 Å². The Morgan fingerprint density at radius 1 is 1.19 bits per heavy atom. The lowest BCUT2D eigenvalue weighted by molar-refractivity contribution is -0.121.